The molecule has 1 heterocycles. The van der Waals surface area contributed by atoms with E-state index in [1.165, 1.54) is 42.4 Å². The molecule has 1 atom stereocenters. The van der Waals surface area contributed by atoms with Gasteiger partial charge in [0.25, 0.3) is 5.91 Å². The lowest BCUT2D eigenvalue weighted by molar-refractivity contribution is 0.0780. The van der Waals surface area contributed by atoms with Crippen LogP contribution in [0, 0.1) is 5.82 Å². The number of carbonyl (C=O) groups is 1. The van der Waals surface area contributed by atoms with Gasteiger partial charge in [0.05, 0.1) is 16.1 Å². The number of halogens is 1. The van der Waals surface area contributed by atoms with Crippen LogP contribution in [-0.4, -0.2) is 36.6 Å². The number of aromatic nitrogens is 1. The molecule has 31 heavy (non-hydrogen) atoms. The van der Waals surface area contributed by atoms with E-state index in [1.54, 1.807) is 48.7 Å². The molecule has 0 aliphatic carbocycles. The van der Waals surface area contributed by atoms with Crippen LogP contribution >= 0.6 is 0 Å². The van der Waals surface area contributed by atoms with Crippen LogP contribution in [0.15, 0.2) is 90.6 Å². The average molecular weight is 440 g/mol. The van der Waals surface area contributed by atoms with Crippen LogP contribution in [0.4, 0.5) is 10.1 Å². The van der Waals surface area contributed by atoms with Crippen molar-refractivity contribution >= 4 is 21.4 Å². The van der Waals surface area contributed by atoms with E-state index in [0.717, 1.165) is 0 Å². The van der Waals surface area contributed by atoms with Gasteiger partial charge < -0.3 is 10.2 Å². The summed E-state index contributed by atoms with van der Waals surface area (Å²) in [4.78, 5) is 18.2. The molecule has 0 bridgehead atoms. The number of nitrogens with one attached hydrogen (secondary N) is 1. The fourth-order valence-electron chi connectivity index (χ4n) is 3.06. The maximum absolute atomic E-state index is 14.0. The smallest absolute Gasteiger partial charge is 0.255 e. The molecule has 0 saturated carbocycles. The third-order valence-corrected chi connectivity index (χ3v) is 6.60. The number of carbonyl (C=O) groups excluding carboxylic acids is 1. The second kappa shape index (κ2) is 9.53. The number of sulfone groups is 1. The molecule has 3 aromatic rings. The highest BCUT2D eigenvalue weighted by Gasteiger charge is 2.30. The highest BCUT2D eigenvalue weighted by atomic mass is 32.2. The van der Waals surface area contributed by atoms with Gasteiger partial charge in [0.15, 0.2) is 5.37 Å². The lowest BCUT2D eigenvalue weighted by Gasteiger charge is -2.22. The van der Waals surface area contributed by atoms with E-state index in [1.807, 2.05) is 0 Å². The van der Waals surface area contributed by atoms with Gasteiger partial charge in [-0.25, -0.2) is 12.8 Å². The first-order chi connectivity index (χ1) is 14.8. The molecular weight excluding hydrogens is 417 g/mol. The number of rotatable bonds is 8. The zero-order chi connectivity index (χ0) is 22.4. The molecule has 8 heteroatoms. The standard InChI is InChI=1S/C23H22FN3O3S/c1-3-22(26-18-10-8-14-25-15-18)31(29,30)21-13-7-5-11-19(21)23(28)27(2)16-17-9-4-6-12-20(17)24/h3-15,22,26H,1,16H2,2H3. The highest BCUT2D eigenvalue weighted by Crippen LogP contribution is 2.24. The van der Waals surface area contributed by atoms with Crippen molar-refractivity contribution < 1.29 is 17.6 Å². The van der Waals surface area contributed by atoms with Crippen molar-refractivity contribution in [2.75, 3.05) is 12.4 Å². The van der Waals surface area contributed by atoms with E-state index in [0.29, 0.717) is 11.3 Å². The third-order valence-electron chi connectivity index (χ3n) is 4.65. The number of hydrogen-bond donors (Lipinski definition) is 1. The van der Waals surface area contributed by atoms with E-state index >= 15 is 0 Å². The molecule has 160 valence electrons. The number of benzene rings is 2. The van der Waals surface area contributed by atoms with E-state index < -0.39 is 26.9 Å². The van der Waals surface area contributed by atoms with Crippen molar-refractivity contribution in [3.05, 3.63) is 103 Å². The molecule has 0 aliphatic rings. The van der Waals surface area contributed by atoms with Crippen molar-refractivity contribution in [2.45, 2.75) is 16.8 Å². The van der Waals surface area contributed by atoms with Crippen molar-refractivity contribution in [3.63, 3.8) is 0 Å². The zero-order valence-corrected chi connectivity index (χ0v) is 17.7. The first kappa shape index (κ1) is 22.2. The van der Waals surface area contributed by atoms with Gasteiger partial charge in [-0.2, -0.15) is 0 Å². The lowest BCUT2D eigenvalue weighted by atomic mass is 10.1. The Bertz CT molecular complexity index is 1180. The molecule has 0 fully saturated rings. The Labute approximate surface area is 181 Å². The predicted octanol–water partition coefficient (Wildman–Crippen LogP) is 3.89. The molecule has 0 saturated heterocycles. The summed E-state index contributed by atoms with van der Waals surface area (Å²) in [6, 6.07) is 15.4. The Kier molecular flexibility index (Phi) is 6.81. The van der Waals surface area contributed by atoms with Gasteiger partial charge in [-0.05, 0) is 30.3 Å². The quantitative estimate of drug-likeness (QED) is 0.539. The van der Waals surface area contributed by atoms with Crippen molar-refractivity contribution in [2.24, 2.45) is 0 Å². The zero-order valence-electron chi connectivity index (χ0n) is 16.9. The first-order valence-corrected chi connectivity index (χ1v) is 11.0. The lowest BCUT2D eigenvalue weighted by Crippen LogP contribution is -2.32. The number of amides is 1. The SMILES string of the molecule is C=CC(Nc1cccnc1)S(=O)(=O)c1ccccc1C(=O)N(C)Cc1ccccc1F. The van der Waals surface area contributed by atoms with Crippen LogP contribution < -0.4 is 5.32 Å². The van der Waals surface area contributed by atoms with Crippen LogP contribution in [0.2, 0.25) is 0 Å². The van der Waals surface area contributed by atoms with Crippen molar-refractivity contribution in [3.8, 4) is 0 Å². The Hall–Kier alpha value is -3.52. The molecule has 6 nitrogen and oxygen atoms in total. The van der Waals surface area contributed by atoms with Gasteiger partial charge in [-0.15, -0.1) is 0 Å². The number of pyridine rings is 1. The molecule has 0 radical (unpaired) electrons. The molecule has 1 amide bonds. The van der Waals surface area contributed by atoms with E-state index in [4.69, 9.17) is 0 Å². The van der Waals surface area contributed by atoms with Crippen LogP contribution in [-0.2, 0) is 16.4 Å². The van der Waals surface area contributed by atoms with E-state index in [9.17, 15) is 17.6 Å². The fourth-order valence-corrected chi connectivity index (χ4v) is 4.61. The maximum Gasteiger partial charge on any atom is 0.255 e. The Morgan fingerprint density at radius 2 is 1.87 bits per heavy atom. The summed E-state index contributed by atoms with van der Waals surface area (Å²) in [6.45, 7) is 3.62. The summed E-state index contributed by atoms with van der Waals surface area (Å²) in [6.07, 6.45) is 4.32. The van der Waals surface area contributed by atoms with Gasteiger partial charge in [0.2, 0.25) is 9.84 Å². The Morgan fingerprint density at radius 1 is 1.16 bits per heavy atom. The van der Waals surface area contributed by atoms with Crippen LogP contribution in [0.1, 0.15) is 15.9 Å². The second-order valence-corrected chi connectivity index (χ2v) is 8.87. The molecule has 1 unspecified atom stereocenters. The fraction of sp³-hybridized carbons (Fsp3) is 0.130. The van der Waals surface area contributed by atoms with Crippen LogP contribution in [0.25, 0.3) is 0 Å². The first-order valence-electron chi connectivity index (χ1n) is 9.45. The normalized spacial score (nSPS) is 12.1. The molecule has 0 spiro atoms. The topological polar surface area (TPSA) is 79.4 Å². The van der Waals surface area contributed by atoms with Crippen molar-refractivity contribution in [1.29, 1.82) is 0 Å². The van der Waals surface area contributed by atoms with Gasteiger partial charge in [0.1, 0.15) is 5.82 Å². The monoisotopic (exact) mass is 439 g/mol. The van der Waals surface area contributed by atoms with Gasteiger partial charge in [-0.1, -0.05) is 43.0 Å². The summed E-state index contributed by atoms with van der Waals surface area (Å²) in [5.41, 5.74) is 0.832. The molecule has 1 N–H and O–H groups in total. The van der Waals surface area contributed by atoms with E-state index in [2.05, 4.69) is 16.9 Å². The summed E-state index contributed by atoms with van der Waals surface area (Å²) in [7, 11) is -2.52. The summed E-state index contributed by atoms with van der Waals surface area (Å²) >= 11 is 0. The Balaban J connectivity index is 1.91. The van der Waals surface area contributed by atoms with Crippen molar-refractivity contribution in [1.82, 2.24) is 9.88 Å². The number of anilines is 1. The molecular formula is C23H22FN3O3S. The van der Waals surface area contributed by atoms with Gasteiger partial charge in [0, 0.05) is 31.5 Å². The van der Waals surface area contributed by atoms with Crippen LogP contribution in [0.3, 0.4) is 0 Å². The molecule has 3 rings (SSSR count). The summed E-state index contributed by atoms with van der Waals surface area (Å²) in [5.74, 6) is -0.970. The van der Waals surface area contributed by atoms with Crippen LogP contribution in [0.5, 0.6) is 0 Å². The summed E-state index contributed by atoms with van der Waals surface area (Å²) in [5, 5.41) is 1.69. The second-order valence-electron chi connectivity index (χ2n) is 6.84. The maximum atomic E-state index is 14.0. The minimum absolute atomic E-state index is 0.00109. The predicted molar refractivity (Wildman–Crippen MR) is 118 cm³/mol. The average Bonchev–Trinajstić information content (AvgIpc) is 2.79. The highest BCUT2D eigenvalue weighted by molar-refractivity contribution is 7.92. The van der Waals surface area contributed by atoms with E-state index in [-0.39, 0.29) is 17.0 Å². The molecule has 0 aliphatic heterocycles. The Morgan fingerprint density at radius 3 is 2.55 bits per heavy atom. The minimum atomic E-state index is -4.02. The molecule has 1 aromatic heterocycles. The van der Waals surface area contributed by atoms with Gasteiger partial charge >= 0.3 is 0 Å². The number of nitrogens with zero attached hydrogens (tertiary/aromatic N) is 2. The number of hydrogen-bond acceptors (Lipinski definition) is 5. The minimum Gasteiger partial charge on any atom is -0.364 e. The summed E-state index contributed by atoms with van der Waals surface area (Å²) < 4.78 is 40.7. The third kappa shape index (κ3) is 4.97. The largest absolute Gasteiger partial charge is 0.364 e. The molecule has 2 aromatic carbocycles. The van der Waals surface area contributed by atoms with Gasteiger partial charge in [-0.3, -0.25) is 9.78 Å².